The molecule has 0 bridgehead atoms. The molecule has 1 aromatic carbocycles. The molecule has 1 amide bonds. The molecule has 2 atom stereocenters. The van der Waals surface area contributed by atoms with Gasteiger partial charge in [0.05, 0.1) is 12.2 Å². The van der Waals surface area contributed by atoms with Crippen molar-refractivity contribution >= 4 is 17.7 Å². The summed E-state index contributed by atoms with van der Waals surface area (Å²) < 4.78 is 20.4. The first-order valence-corrected chi connectivity index (χ1v) is 8.30. The first-order valence-electron chi connectivity index (χ1n) is 8.30. The minimum Gasteiger partial charge on any atom is -0.465 e. The lowest BCUT2D eigenvalue weighted by atomic mass is 9.78. The number of anilines is 1. The van der Waals surface area contributed by atoms with Crippen molar-refractivity contribution in [2.45, 2.75) is 12.8 Å². The highest BCUT2D eigenvalue weighted by molar-refractivity contribution is 6.08. The molecule has 8 nitrogen and oxygen atoms in total. The summed E-state index contributed by atoms with van der Waals surface area (Å²) in [5.41, 5.74) is -0.798. The summed E-state index contributed by atoms with van der Waals surface area (Å²) in [6, 6.07) is 5.16. The number of esters is 1. The second-order valence-corrected chi connectivity index (χ2v) is 6.22. The zero-order valence-corrected chi connectivity index (χ0v) is 15.0. The fraction of sp³-hybridized carbons (Fsp3) is 0.333. The Bertz CT molecular complexity index is 1040. The molecule has 1 aromatic heterocycles. The van der Waals surface area contributed by atoms with Gasteiger partial charge in [0.25, 0.3) is 5.56 Å². The van der Waals surface area contributed by atoms with Gasteiger partial charge in [0, 0.05) is 20.0 Å². The topological polar surface area (TPSA) is 99.4 Å². The van der Waals surface area contributed by atoms with E-state index in [-0.39, 0.29) is 18.0 Å². The highest BCUT2D eigenvalue weighted by Crippen LogP contribution is 2.38. The molecule has 142 valence electrons. The van der Waals surface area contributed by atoms with Crippen LogP contribution in [0.2, 0.25) is 0 Å². The van der Waals surface area contributed by atoms with E-state index in [1.54, 1.807) is 6.92 Å². The van der Waals surface area contributed by atoms with Crippen molar-refractivity contribution in [2.75, 3.05) is 11.9 Å². The number of fused-ring (bicyclic) bond motifs is 1. The number of halogens is 1. The predicted molar refractivity (Wildman–Crippen MR) is 93.9 cm³/mol. The van der Waals surface area contributed by atoms with Crippen molar-refractivity contribution in [3.8, 4) is 0 Å². The summed E-state index contributed by atoms with van der Waals surface area (Å²) in [7, 11) is 2.72. The minimum atomic E-state index is -1.34. The number of rotatable bonds is 3. The Balaban J connectivity index is 2.34. The Labute approximate surface area is 153 Å². The second kappa shape index (κ2) is 6.82. The van der Waals surface area contributed by atoms with Crippen LogP contribution in [0.25, 0.3) is 0 Å². The monoisotopic (exact) mass is 375 g/mol. The van der Waals surface area contributed by atoms with Crippen molar-refractivity contribution < 1.29 is 18.7 Å². The van der Waals surface area contributed by atoms with E-state index in [1.165, 1.54) is 38.4 Å². The lowest BCUT2D eigenvalue weighted by molar-refractivity contribution is -0.151. The normalized spacial score (nSPS) is 18.6. The maximum Gasteiger partial charge on any atom is 0.332 e. The molecule has 1 aliphatic rings. The van der Waals surface area contributed by atoms with Crippen molar-refractivity contribution in [2.24, 2.45) is 20.0 Å². The van der Waals surface area contributed by atoms with Gasteiger partial charge >= 0.3 is 11.7 Å². The molecule has 27 heavy (non-hydrogen) atoms. The fourth-order valence-electron chi connectivity index (χ4n) is 3.32. The Kier molecular flexibility index (Phi) is 4.69. The molecule has 0 fully saturated rings. The first-order chi connectivity index (χ1) is 12.8. The Hall–Kier alpha value is -3.23. The minimum absolute atomic E-state index is 0.0166. The zero-order chi connectivity index (χ0) is 19.9. The van der Waals surface area contributed by atoms with Gasteiger partial charge in [0.15, 0.2) is 0 Å². The molecule has 1 N–H and O–H groups in total. The van der Waals surface area contributed by atoms with Gasteiger partial charge in [-0.2, -0.15) is 0 Å². The number of carbonyl (C=O) groups excluding carboxylic acids is 2. The van der Waals surface area contributed by atoms with Crippen LogP contribution in [0.1, 0.15) is 24.0 Å². The van der Waals surface area contributed by atoms with E-state index in [2.05, 4.69) is 5.32 Å². The number of ether oxygens (including phenoxy) is 1. The van der Waals surface area contributed by atoms with Crippen LogP contribution in [0.4, 0.5) is 10.2 Å². The van der Waals surface area contributed by atoms with Crippen molar-refractivity contribution in [1.82, 2.24) is 9.13 Å². The quantitative estimate of drug-likeness (QED) is 0.622. The fourth-order valence-corrected chi connectivity index (χ4v) is 3.32. The molecule has 0 saturated heterocycles. The van der Waals surface area contributed by atoms with E-state index in [1.807, 2.05) is 0 Å². The molecule has 0 spiro atoms. The maximum absolute atomic E-state index is 13.4. The van der Waals surface area contributed by atoms with E-state index < -0.39 is 40.8 Å². The maximum atomic E-state index is 13.4. The van der Waals surface area contributed by atoms with Gasteiger partial charge in [0.2, 0.25) is 5.91 Å². The van der Waals surface area contributed by atoms with Gasteiger partial charge in [0.1, 0.15) is 17.6 Å². The molecule has 0 saturated carbocycles. The third kappa shape index (κ3) is 2.94. The van der Waals surface area contributed by atoms with E-state index in [4.69, 9.17) is 4.74 Å². The number of nitrogens with zero attached hydrogens (tertiary/aromatic N) is 2. The van der Waals surface area contributed by atoms with Crippen LogP contribution >= 0.6 is 0 Å². The van der Waals surface area contributed by atoms with Gasteiger partial charge in [-0.3, -0.25) is 23.5 Å². The summed E-state index contributed by atoms with van der Waals surface area (Å²) in [5.74, 6) is -4.33. The molecule has 9 heteroatoms. The first kappa shape index (κ1) is 18.6. The molecule has 3 rings (SSSR count). The SMILES string of the molecule is CCOC(=O)[C@@H]1C(=O)Nc2c(c(=O)n(C)c(=O)n2C)[C@@H]1c1ccc(F)cc1. The van der Waals surface area contributed by atoms with Gasteiger partial charge < -0.3 is 10.1 Å². The Morgan fingerprint density at radius 3 is 2.37 bits per heavy atom. The zero-order valence-electron chi connectivity index (χ0n) is 15.0. The molecule has 1 aliphatic heterocycles. The molecule has 2 aromatic rings. The summed E-state index contributed by atoms with van der Waals surface area (Å²) >= 11 is 0. The van der Waals surface area contributed by atoms with Crippen LogP contribution in [0.3, 0.4) is 0 Å². The van der Waals surface area contributed by atoms with E-state index in [0.717, 1.165) is 9.13 Å². The van der Waals surface area contributed by atoms with E-state index in [9.17, 15) is 23.6 Å². The number of aromatic nitrogens is 2. The third-order valence-corrected chi connectivity index (χ3v) is 4.64. The van der Waals surface area contributed by atoms with Crippen LogP contribution in [-0.2, 0) is 28.4 Å². The second-order valence-electron chi connectivity index (χ2n) is 6.22. The average molecular weight is 375 g/mol. The lowest BCUT2D eigenvalue weighted by Gasteiger charge is -2.32. The van der Waals surface area contributed by atoms with Crippen LogP contribution in [0, 0.1) is 11.7 Å². The van der Waals surface area contributed by atoms with Crippen LogP contribution in [-0.4, -0.2) is 27.6 Å². The molecule has 2 heterocycles. The average Bonchev–Trinajstić information content (AvgIpc) is 2.64. The number of carbonyl (C=O) groups is 2. The number of amides is 1. The van der Waals surface area contributed by atoms with Crippen LogP contribution in [0.5, 0.6) is 0 Å². The highest BCUT2D eigenvalue weighted by atomic mass is 19.1. The molecule has 0 aliphatic carbocycles. The smallest absolute Gasteiger partial charge is 0.332 e. The summed E-state index contributed by atoms with van der Waals surface area (Å²) in [6.45, 7) is 1.65. The van der Waals surface area contributed by atoms with E-state index >= 15 is 0 Å². The number of hydrogen-bond donors (Lipinski definition) is 1. The predicted octanol–water partition coefficient (Wildman–Crippen LogP) is 0.486. The Morgan fingerprint density at radius 2 is 1.78 bits per heavy atom. The standard InChI is InChI=1S/C18H18FN3O5/c1-4-27-17(25)13-11(9-5-7-10(19)8-6-9)12-14(20-15(13)23)21(2)18(26)22(3)16(12)24/h5-8,11,13H,4H2,1-3H3,(H,20,23)/t11-,13-/m0/s1. The molecular formula is C18H18FN3O5. The van der Waals surface area contributed by atoms with Gasteiger partial charge in [-0.15, -0.1) is 0 Å². The summed E-state index contributed by atoms with van der Waals surface area (Å²) in [4.78, 5) is 50.2. The Morgan fingerprint density at radius 1 is 1.15 bits per heavy atom. The van der Waals surface area contributed by atoms with Crippen molar-refractivity contribution in [3.05, 3.63) is 62.0 Å². The van der Waals surface area contributed by atoms with Gasteiger partial charge in [-0.25, -0.2) is 9.18 Å². The molecule has 0 unspecified atom stereocenters. The van der Waals surface area contributed by atoms with Crippen molar-refractivity contribution in [3.63, 3.8) is 0 Å². The van der Waals surface area contributed by atoms with Gasteiger partial charge in [-0.05, 0) is 24.6 Å². The number of benzene rings is 1. The van der Waals surface area contributed by atoms with E-state index in [0.29, 0.717) is 5.56 Å². The van der Waals surface area contributed by atoms with Crippen LogP contribution in [0.15, 0.2) is 33.9 Å². The van der Waals surface area contributed by atoms with Crippen molar-refractivity contribution in [1.29, 1.82) is 0 Å². The summed E-state index contributed by atoms with van der Waals surface area (Å²) in [5, 5.41) is 2.47. The van der Waals surface area contributed by atoms with Crippen LogP contribution < -0.4 is 16.6 Å². The summed E-state index contributed by atoms with van der Waals surface area (Å²) in [6.07, 6.45) is 0. The third-order valence-electron chi connectivity index (χ3n) is 4.64. The molecular weight excluding hydrogens is 357 g/mol. The molecule has 0 radical (unpaired) electrons. The number of nitrogens with one attached hydrogen (secondary N) is 1. The number of hydrogen-bond acceptors (Lipinski definition) is 5. The largest absolute Gasteiger partial charge is 0.465 e. The lowest BCUT2D eigenvalue weighted by Crippen LogP contribution is -2.49. The van der Waals surface area contributed by atoms with Gasteiger partial charge in [-0.1, -0.05) is 12.1 Å². The highest BCUT2D eigenvalue weighted by Gasteiger charge is 2.45.